The smallest absolute Gasteiger partial charge is 0.203 e. The molecule has 22 heavy (non-hydrogen) atoms. The van der Waals surface area contributed by atoms with Crippen molar-refractivity contribution in [1.29, 1.82) is 0 Å². The highest BCUT2D eigenvalue weighted by molar-refractivity contribution is 5.54. The number of aromatic nitrogens is 4. The predicted molar refractivity (Wildman–Crippen MR) is 80.6 cm³/mol. The molecule has 0 saturated carbocycles. The first-order valence-electron chi connectivity index (χ1n) is 7.22. The summed E-state index contributed by atoms with van der Waals surface area (Å²) < 4.78 is 16.1. The molecule has 118 valence electrons. The van der Waals surface area contributed by atoms with Gasteiger partial charge in [-0.15, -0.1) is 20.4 Å². The van der Waals surface area contributed by atoms with Crippen LogP contribution in [0, 0.1) is 6.92 Å². The predicted octanol–water partition coefficient (Wildman–Crippen LogP) is 1.67. The lowest BCUT2D eigenvalue weighted by molar-refractivity contribution is 0.0405. The van der Waals surface area contributed by atoms with Crippen LogP contribution >= 0.6 is 0 Å². The monoisotopic (exact) mass is 304 g/mol. The largest absolute Gasteiger partial charge is 0.491 e. The van der Waals surface area contributed by atoms with Crippen LogP contribution in [0.1, 0.15) is 12.7 Å². The summed E-state index contributed by atoms with van der Waals surface area (Å²) in [4.78, 5) is 0. The van der Waals surface area contributed by atoms with E-state index in [1.54, 1.807) is 6.92 Å². The van der Waals surface area contributed by atoms with Gasteiger partial charge in [0.05, 0.1) is 19.8 Å². The maximum Gasteiger partial charge on any atom is 0.203 e. The molecule has 1 heterocycles. The zero-order valence-corrected chi connectivity index (χ0v) is 12.9. The first kappa shape index (κ1) is 16.3. The molecule has 0 radical (unpaired) electrons. The Morgan fingerprint density at radius 3 is 2.14 bits per heavy atom. The number of nitrogens with zero attached hydrogens (tertiary/aromatic N) is 4. The molecule has 7 heteroatoms. The summed E-state index contributed by atoms with van der Waals surface area (Å²) in [5.41, 5.74) is 0.848. The van der Waals surface area contributed by atoms with Crippen molar-refractivity contribution in [3.05, 3.63) is 30.1 Å². The van der Waals surface area contributed by atoms with E-state index in [2.05, 4.69) is 20.4 Å². The van der Waals surface area contributed by atoms with Crippen molar-refractivity contribution in [2.75, 3.05) is 33.0 Å². The van der Waals surface area contributed by atoms with E-state index in [-0.39, 0.29) is 0 Å². The van der Waals surface area contributed by atoms with Gasteiger partial charge in [0.25, 0.3) is 0 Å². The van der Waals surface area contributed by atoms with Gasteiger partial charge in [-0.2, -0.15) is 0 Å². The molecule has 0 unspecified atom stereocenters. The molecule has 0 aliphatic heterocycles. The minimum Gasteiger partial charge on any atom is -0.491 e. The number of hydrogen-bond acceptors (Lipinski definition) is 7. The van der Waals surface area contributed by atoms with E-state index < -0.39 is 0 Å². The van der Waals surface area contributed by atoms with Crippen LogP contribution in [0.15, 0.2) is 24.3 Å². The van der Waals surface area contributed by atoms with Gasteiger partial charge in [-0.1, -0.05) is 0 Å². The average molecular weight is 304 g/mol. The Morgan fingerprint density at radius 2 is 1.45 bits per heavy atom. The third-order valence-electron chi connectivity index (χ3n) is 2.76. The summed E-state index contributed by atoms with van der Waals surface area (Å²) in [6.45, 7) is 6.64. The first-order chi connectivity index (χ1) is 10.8. The third-order valence-corrected chi connectivity index (χ3v) is 2.76. The second kappa shape index (κ2) is 9.01. The standard InChI is InChI=1S/C15H20N4O3/c1-3-20-8-9-21-10-11-22-14-6-4-13(5-7-14)15-18-16-12(2)17-19-15/h4-7H,3,8-11H2,1-2H3. The highest BCUT2D eigenvalue weighted by atomic mass is 16.5. The van der Waals surface area contributed by atoms with Crippen LogP contribution < -0.4 is 4.74 Å². The molecule has 1 aromatic carbocycles. The molecule has 0 saturated heterocycles. The number of aryl methyl sites for hydroxylation is 1. The molecular weight excluding hydrogens is 284 g/mol. The molecule has 0 atom stereocenters. The zero-order valence-electron chi connectivity index (χ0n) is 12.9. The van der Waals surface area contributed by atoms with Crippen molar-refractivity contribution < 1.29 is 14.2 Å². The highest BCUT2D eigenvalue weighted by Gasteiger charge is 2.03. The fraction of sp³-hybridized carbons (Fsp3) is 0.467. The van der Waals surface area contributed by atoms with E-state index in [1.807, 2.05) is 31.2 Å². The van der Waals surface area contributed by atoms with E-state index in [0.717, 1.165) is 11.3 Å². The van der Waals surface area contributed by atoms with Gasteiger partial charge in [0.2, 0.25) is 5.82 Å². The zero-order chi connectivity index (χ0) is 15.6. The van der Waals surface area contributed by atoms with Gasteiger partial charge in [0, 0.05) is 12.2 Å². The Hall–Kier alpha value is -2.12. The maximum absolute atomic E-state index is 5.58. The average Bonchev–Trinajstić information content (AvgIpc) is 2.55. The second-order valence-corrected chi connectivity index (χ2v) is 4.45. The van der Waals surface area contributed by atoms with E-state index in [4.69, 9.17) is 14.2 Å². The van der Waals surface area contributed by atoms with Gasteiger partial charge in [0.15, 0.2) is 5.82 Å². The molecule has 0 spiro atoms. The van der Waals surface area contributed by atoms with Crippen LogP contribution in [0.3, 0.4) is 0 Å². The van der Waals surface area contributed by atoms with Crippen LogP contribution in [0.2, 0.25) is 0 Å². The summed E-state index contributed by atoms with van der Waals surface area (Å²) in [6.07, 6.45) is 0. The SMILES string of the molecule is CCOCCOCCOc1ccc(-c2nnc(C)nn2)cc1. The summed E-state index contributed by atoms with van der Waals surface area (Å²) in [5, 5.41) is 15.8. The Kier molecular flexibility index (Phi) is 6.66. The Labute approximate surface area is 129 Å². The first-order valence-corrected chi connectivity index (χ1v) is 7.22. The lowest BCUT2D eigenvalue weighted by atomic mass is 10.2. The lowest BCUT2D eigenvalue weighted by Gasteiger charge is -2.07. The Bertz CT molecular complexity index is 546. The van der Waals surface area contributed by atoms with Crippen LogP contribution in [0.25, 0.3) is 11.4 Å². The Balaban J connectivity index is 1.74. The van der Waals surface area contributed by atoms with Crippen molar-refractivity contribution in [1.82, 2.24) is 20.4 Å². The van der Waals surface area contributed by atoms with E-state index in [1.165, 1.54) is 0 Å². The third kappa shape index (κ3) is 5.34. The molecule has 0 bridgehead atoms. The lowest BCUT2D eigenvalue weighted by Crippen LogP contribution is -2.10. The molecule has 7 nitrogen and oxygen atoms in total. The summed E-state index contributed by atoms with van der Waals surface area (Å²) in [6, 6.07) is 7.47. The van der Waals surface area contributed by atoms with Crippen molar-refractivity contribution in [2.45, 2.75) is 13.8 Å². The van der Waals surface area contributed by atoms with E-state index in [0.29, 0.717) is 44.7 Å². The van der Waals surface area contributed by atoms with Gasteiger partial charge in [-0.3, -0.25) is 0 Å². The summed E-state index contributed by atoms with van der Waals surface area (Å²) >= 11 is 0. The molecule has 0 amide bonds. The van der Waals surface area contributed by atoms with Gasteiger partial charge in [-0.25, -0.2) is 0 Å². The number of rotatable bonds is 9. The van der Waals surface area contributed by atoms with Crippen LogP contribution in [0.4, 0.5) is 0 Å². The topological polar surface area (TPSA) is 79.2 Å². The molecule has 2 aromatic rings. The fourth-order valence-electron chi connectivity index (χ4n) is 1.68. The summed E-state index contributed by atoms with van der Waals surface area (Å²) in [7, 11) is 0. The van der Waals surface area contributed by atoms with Gasteiger partial charge in [0.1, 0.15) is 12.4 Å². The minimum absolute atomic E-state index is 0.496. The van der Waals surface area contributed by atoms with Crippen molar-refractivity contribution >= 4 is 0 Å². The van der Waals surface area contributed by atoms with Crippen molar-refractivity contribution in [3.63, 3.8) is 0 Å². The molecule has 0 fully saturated rings. The maximum atomic E-state index is 5.58. The Morgan fingerprint density at radius 1 is 0.818 bits per heavy atom. The minimum atomic E-state index is 0.496. The van der Waals surface area contributed by atoms with Gasteiger partial charge < -0.3 is 14.2 Å². The second-order valence-electron chi connectivity index (χ2n) is 4.45. The van der Waals surface area contributed by atoms with Crippen molar-refractivity contribution in [3.8, 4) is 17.1 Å². The van der Waals surface area contributed by atoms with Crippen LogP contribution in [-0.2, 0) is 9.47 Å². The molecule has 2 rings (SSSR count). The number of ether oxygens (including phenoxy) is 3. The van der Waals surface area contributed by atoms with Gasteiger partial charge in [-0.05, 0) is 38.1 Å². The molecular formula is C15H20N4O3. The molecule has 0 aliphatic carbocycles. The molecule has 0 N–H and O–H groups in total. The highest BCUT2D eigenvalue weighted by Crippen LogP contribution is 2.18. The molecule has 0 aliphatic rings. The normalized spacial score (nSPS) is 10.6. The van der Waals surface area contributed by atoms with Crippen molar-refractivity contribution in [2.24, 2.45) is 0 Å². The molecule has 1 aromatic heterocycles. The van der Waals surface area contributed by atoms with E-state index in [9.17, 15) is 0 Å². The van der Waals surface area contributed by atoms with E-state index >= 15 is 0 Å². The number of hydrogen-bond donors (Lipinski definition) is 0. The summed E-state index contributed by atoms with van der Waals surface area (Å²) in [5.74, 6) is 1.81. The van der Waals surface area contributed by atoms with Crippen LogP contribution in [0.5, 0.6) is 5.75 Å². The van der Waals surface area contributed by atoms with Gasteiger partial charge >= 0.3 is 0 Å². The quantitative estimate of drug-likeness (QED) is 0.652. The number of benzene rings is 1. The van der Waals surface area contributed by atoms with Crippen LogP contribution in [-0.4, -0.2) is 53.4 Å². The fourth-order valence-corrected chi connectivity index (χ4v) is 1.68.